The molecule has 1 aromatic carbocycles. The van der Waals surface area contributed by atoms with Crippen LogP contribution in [0.3, 0.4) is 0 Å². The fraction of sp³-hybridized carbons (Fsp3) is 0.304. The number of aryl methyl sites for hydroxylation is 1. The van der Waals surface area contributed by atoms with E-state index in [1.54, 1.807) is 24.0 Å². The maximum absolute atomic E-state index is 13.3. The first-order valence-electron chi connectivity index (χ1n) is 10.5. The van der Waals surface area contributed by atoms with Gasteiger partial charge in [-0.15, -0.1) is 11.3 Å². The number of nitrogens with one attached hydrogen (secondary N) is 1. The van der Waals surface area contributed by atoms with Crippen LogP contribution in [-0.2, 0) is 13.5 Å². The molecule has 1 saturated heterocycles. The lowest BCUT2D eigenvalue weighted by molar-refractivity contribution is 0.0726. The van der Waals surface area contributed by atoms with Crippen molar-refractivity contribution in [3.63, 3.8) is 0 Å². The van der Waals surface area contributed by atoms with Gasteiger partial charge in [0.25, 0.3) is 11.8 Å². The summed E-state index contributed by atoms with van der Waals surface area (Å²) < 4.78 is 8.16. The number of hydrogen-bond acceptors (Lipinski definition) is 6. The molecule has 0 aliphatic carbocycles. The van der Waals surface area contributed by atoms with Crippen molar-refractivity contribution < 1.29 is 14.1 Å². The Balaban J connectivity index is 1.42. The van der Waals surface area contributed by atoms with E-state index in [0.717, 1.165) is 34.1 Å². The monoisotopic (exact) mass is 449 g/mol. The first-order valence-corrected chi connectivity index (χ1v) is 11.4. The molecular weight excluding hydrogens is 426 g/mol. The predicted molar refractivity (Wildman–Crippen MR) is 122 cm³/mol. The standard InChI is InChI=1S/C23H23N5O3S/c1-24-22(29)21-17(16-7-3-4-8-20(16)32-21)10-15-6-5-9-28(15)23(30)18-11-19(31-26-18)14-12-25-27(2)13-14/h3-4,7-8,11-13,15H,5-6,9-10H2,1-2H3,(H,24,29)/t15-/m1/s1. The number of rotatable bonds is 5. The highest BCUT2D eigenvalue weighted by atomic mass is 32.1. The minimum atomic E-state index is -0.146. The fourth-order valence-corrected chi connectivity index (χ4v) is 5.54. The van der Waals surface area contributed by atoms with E-state index in [-0.39, 0.29) is 23.6 Å². The Bertz CT molecular complexity index is 1300. The van der Waals surface area contributed by atoms with Gasteiger partial charge in [0.15, 0.2) is 11.5 Å². The fourth-order valence-electron chi connectivity index (χ4n) is 4.36. The Morgan fingerprint density at radius 2 is 2.16 bits per heavy atom. The molecule has 1 aliphatic heterocycles. The van der Waals surface area contributed by atoms with Gasteiger partial charge in [-0.05, 0) is 36.3 Å². The van der Waals surface area contributed by atoms with Gasteiger partial charge in [-0.3, -0.25) is 14.3 Å². The molecule has 0 saturated carbocycles. The second-order valence-corrected chi connectivity index (χ2v) is 9.02. The maximum atomic E-state index is 13.3. The Kier molecular flexibility index (Phi) is 5.26. The lowest BCUT2D eigenvalue weighted by atomic mass is 10.00. The van der Waals surface area contributed by atoms with Gasteiger partial charge in [-0.1, -0.05) is 23.4 Å². The third kappa shape index (κ3) is 3.58. The Hall–Kier alpha value is -3.46. The van der Waals surface area contributed by atoms with Crippen molar-refractivity contribution in [3.05, 3.63) is 58.9 Å². The van der Waals surface area contributed by atoms with Gasteiger partial charge >= 0.3 is 0 Å². The van der Waals surface area contributed by atoms with E-state index in [2.05, 4.69) is 15.6 Å². The summed E-state index contributed by atoms with van der Waals surface area (Å²) in [6.07, 6.45) is 5.92. The zero-order valence-corrected chi connectivity index (χ0v) is 18.7. The van der Waals surface area contributed by atoms with E-state index in [1.165, 1.54) is 11.3 Å². The molecule has 4 aromatic rings. The highest BCUT2D eigenvalue weighted by Crippen LogP contribution is 2.35. The summed E-state index contributed by atoms with van der Waals surface area (Å²) in [6, 6.07) is 9.72. The van der Waals surface area contributed by atoms with Crippen LogP contribution < -0.4 is 5.32 Å². The van der Waals surface area contributed by atoms with Crippen molar-refractivity contribution in [3.8, 4) is 11.3 Å². The number of benzene rings is 1. The SMILES string of the molecule is CNC(=O)c1sc2ccccc2c1C[C@H]1CCCN1C(=O)c1cc(-c2cnn(C)c2)on1. The first-order chi connectivity index (χ1) is 15.5. The summed E-state index contributed by atoms with van der Waals surface area (Å²) in [5.41, 5.74) is 2.07. The second kappa shape index (κ2) is 8.23. The lowest BCUT2D eigenvalue weighted by Crippen LogP contribution is -2.37. The number of amides is 2. The van der Waals surface area contributed by atoms with E-state index in [9.17, 15) is 9.59 Å². The van der Waals surface area contributed by atoms with Crippen molar-refractivity contribution in [2.24, 2.45) is 7.05 Å². The molecule has 0 spiro atoms. The van der Waals surface area contributed by atoms with Crippen LogP contribution in [0.4, 0.5) is 0 Å². The molecule has 3 aromatic heterocycles. The second-order valence-electron chi connectivity index (χ2n) is 7.96. The van der Waals surface area contributed by atoms with Crippen molar-refractivity contribution >= 4 is 33.2 Å². The van der Waals surface area contributed by atoms with Gasteiger partial charge in [-0.25, -0.2) is 0 Å². The number of thiophene rings is 1. The molecule has 0 unspecified atom stereocenters. The van der Waals surface area contributed by atoms with Gasteiger partial charge in [0.05, 0.1) is 16.6 Å². The zero-order valence-electron chi connectivity index (χ0n) is 17.9. The maximum Gasteiger partial charge on any atom is 0.276 e. The number of aromatic nitrogens is 3. The van der Waals surface area contributed by atoms with Gasteiger partial charge in [-0.2, -0.15) is 5.10 Å². The topological polar surface area (TPSA) is 93.3 Å². The molecule has 5 rings (SSSR count). The molecule has 8 nitrogen and oxygen atoms in total. The Morgan fingerprint density at radius 3 is 2.94 bits per heavy atom. The number of carbonyl (C=O) groups is 2. The minimum Gasteiger partial charge on any atom is -0.355 e. The predicted octanol–water partition coefficient (Wildman–Crippen LogP) is 3.50. The molecule has 2 amide bonds. The van der Waals surface area contributed by atoms with Crippen LogP contribution in [-0.4, -0.2) is 51.3 Å². The number of carbonyl (C=O) groups excluding carboxylic acids is 2. The van der Waals surface area contributed by atoms with Crippen molar-refractivity contribution in [2.75, 3.05) is 13.6 Å². The average Bonchev–Trinajstić information content (AvgIpc) is 3.59. The number of hydrogen-bond donors (Lipinski definition) is 1. The van der Waals surface area contributed by atoms with Crippen LogP contribution in [0, 0.1) is 0 Å². The summed E-state index contributed by atoms with van der Waals surface area (Å²) in [5, 5.41) is 12.0. The molecule has 4 heterocycles. The van der Waals surface area contributed by atoms with Gasteiger partial charge in [0.2, 0.25) is 0 Å². The molecule has 9 heteroatoms. The van der Waals surface area contributed by atoms with Gasteiger partial charge < -0.3 is 14.7 Å². The van der Waals surface area contributed by atoms with Gasteiger partial charge in [0.1, 0.15) is 0 Å². The highest BCUT2D eigenvalue weighted by molar-refractivity contribution is 7.21. The van der Waals surface area contributed by atoms with Gasteiger partial charge in [0, 0.05) is 43.6 Å². The molecule has 164 valence electrons. The van der Waals surface area contributed by atoms with Crippen molar-refractivity contribution in [2.45, 2.75) is 25.3 Å². The molecule has 1 N–H and O–H groups in total. The molecule has 1 atom stereocenters. The molecule has 1 fully saturated rings. The van der Waals surface area contributed by atoms with E-state index >= 15 is 0 Å². The van der Waals surface area contributed by atoms with Crippen LogP contribution in [0.1, 0.15) is 38.6 Å². The number of fused-ring (bicyclic) bond motifs is 1. The third-order valence-electron chi connectivity index (χ3n) is 5.93. The molecular formula is C23H23N5O3S. The largest absolute Gasteiger partial charge is 0.355 e. The first kappa shape index (κ1) is 20.4. The molecule has 32 heavy (non-hydrogen) atoms. The van der Waals surface area contributed by atoms with Crippen LogP contribution in [0.2, 0.25) is 0 Å². The van der Waals surface area contributed by atoms with Crippen LogP contribution >= 0.6 is 11.3 Å². The van der Waals surface area contributed by atoms with Crippen LogP contribution in [0.25, 0.3) is 21.4 Å². The summed E-state index contributed by atoms with van der Waals surface area (Å²) >= 11 is 1.50. The lowest BCUT2D eigenvalue weighted by Gasteiger charge is -2.24. The smallest absolute Gasteiger partial charge is 0.276 e. The Labute approximate surface area is 188 Å². The number of likely N-dealkylation sites (tertiary alicyclic amines) is 1. The summed E-state index contributed by atoms with van der Waals surface area (Å²) in [7, 11) is 3.47. The molecule has 0 bridgehead atoms. The average molecular weight is 450 g/mol. The van der Waals surface area contributed by atoms with Crippen LogP contribution in [0.15, 0.2) is 47.2 Å². The highest BCUT2D eigenvalue weighted by Gasteiger charge is 2.33. The van der Waals surface area contributed by atoms with E-state index in [0.29, 0.717) is 23.6 Å². The Morgan fingerprint density at radius 1 is 1.31 bits per heavy atom. The molecule has 0 radical (unpaired) electrons. The summed E-state index contributed by atoms with van der Waals surface area (Å²) in [5.74, 6) is 0.282. The third-order valence-corrected chi connectivity index (χ3v) is 7.14. The van der Waals surface area contributed by atoms with Crippen molar-refractivity contribution in [1.29, 1.82) is 0 Å². The quantitative estimate of drug-likeness (QED) is 0.503. The minimum absolute atomic E-state index is 0.00227. The molecule has 1 aliphatic rings. The summed E-state index contributed by atoms with van der Waals surface area (Å²) in [4.78, 5) is 28.4. The van der Waals surface area contributed by atoms with Crippen molar-refractivity contribution in [1.82, 2.24) is 25.2 Å². The number of nitrogens with zero attached hydrogens (tertiary/aromatic N) is 4. The normalized spacial score (nSPS) is 16.1. The zero-order chi connectivity index (χ0) is 22.2. The van der Waals surface area contributed by atoms with E-state index in [4.69, 9.17) is 4.52 Å². The van der Waals surface area contributed by atoms with Crippen LogP contribution in [0.5, 0.6) is 0 Å². The summed E-state index contributed by atoms with van der Waals surface area (Å²) in [6.45, 7) is 0.663. The van der Waals surface area contributed by atoms with E-state index in [1.807, 2.05) is 42.4 Å². The van der Waals surface area contributed by atoms with E-state index < -0.39 is 0 Å².